The maximum Gasteiger partial charge on any atom is 0.317 e. The van der Waals surface area contributed by atoms with E-state index in [1.807, 2.05) is 0 Å². The molecule has 9 heteroatoms. The summed E-state index contributed by atoms with van der Waals surface area (Å²) in [5.74, 6) is -0.130. The number of nitrogens with one attached hydrogen (secondary N) is 2. The summed E-state index contributed by atoms with van der Waals surface area (Å²) in [6.07, 6.45) is 0.203. The Morgan fingerprint density at radius 2 is 1.90 bits per heavy atom. The van der Waals surface area contributed by atoms with Gasteiger partial charge in [-0.15, -0.1) is 0 Å². The van der Waals surface area contributed by atoms with Crippen molar-refractivity contribution in [3.8, 4) is 0 Å². The third-order valence-corrected chi connectivity index (χ3v) is 6.28. The molecule has 5 atom stereocenters. The first-order chi connectivity index (χ1) is 13.4. The third kappa shape index (κ3) is 3.48. The molecular weight excluding hydrogens is 376 g/mol. The number of amides is 2. The summed E-state index contributed by atoms with van der Waals surface area (Å²) in [4.78, 5) is 25.4. The van der Waals surface area contributed by atoms with Crippen molar-refractivity contribution in [3.63, 3.8) is 0 Å². The molecule has 0 bridgehead atoms. The van der Waals surface area contributed by atoms with Gasteiger partial charge in [0.15, 0.2) is 5.78 Å². The summed E-state index contributed by atoms with van der Waals surface area (Å²) < 4.78 is 0. The topological polar surface area (TPSA) is 148 Å². The van der Waals surface area contributed by atoms with Gasteiger partial charge in [0.25, 0.3) is 0 Å². The second-order valence-corrected chi connectivity index (χ2v) is 8.09. The molecule has 0 unspecified atom stereocenters. The Morgan fingerprint density at radius 1 is 1.28 bits per heavy atom. The first-order valence-corrected chi connectivity index (χ1v) is 9.56. The Hall–Kier alpha value is -2.20. The number of urea groups is 1. The van der Waals surface area contributed by atoms with Gasteiger partial charge in [0.1, 0.15) is 11.2 Å². The Morgan fingerprint density at radius 3 is 2.38 bits per heavy atom. The highest BCUT2D eigenvalue weighted by Crippen LogP contribution is 2.48. The van der Waals surface area contributed by atoms with E-state index in [0.717, 1.165) is 0 Å². The molecule has 0 aromatic heterocycles. The minimum atomic E-state index is -2.08. The zero-order chi connectivity index (χ0) is 22.2. The number of hydrogen-bond donors (Lipinski definition) is 6. The lowest BCUT2D eigenvalue weighted by Gasteiger charge is -2.46. The molecule has 7 N–H and O–H groups in total. The number of nitrogens with zero attached hydrogens (tertiary/aromatic N) is 1. The number of aliphatic hydroxyl groups excluding tert-OH is 1. The maximum absolute atomic E-state index is 12.4. The van der Waals surface area contributed by atoms with Crippen LogP contribution < -0.4 is 16.4 Å². The molecule has 2 rings (SSSR count). The minimum Gasteiger partial charge on any atom is -0.393 e. The van der Waals surface area contributed by atoms with Crippen LogP contribution in [0.4, 0.5) is 10.5 Å². The summed E-state index contributed by atoms with van der Waals surface area (Å²) in [6, 6.07) is 4.15. The number of carbonyl (C=O) groups excluding carboxylic acids is 2. The highest BCUT2D eigenvalue weighted by atomic mass is 16.4. The lowest BCUT2D eigenvalue weighted by molar-refractivity contribution is -0.171. The number of carbonyl (C=O) groups is 2. The molecule has 1 fully saturated rings. The summed E-state index contributed by atoms with van der Waals surface area (Å²) >= 11 is 0. The fraction of sp³-hybridized carbons (Fsp3) is 0.600. The van der Waals surface area contributed by atoms with Crippen molar-refractivity contribution >= 4 is 17.5 Å². The second-order valence-electron chi connectivity index (χ2n) is 8.09. The molecule has 1 aromatic carbocycles. The van der Waals surface area contributed by atoms with Crippen molar-refractivity contribution < 1.29 is 24.9 Å². The summed E-state index contributed by atoms with van der Waals surface area (Å²) in [5.41, 5.74) is 1.98. The fourth-order valence-corrected chi connectivity index (χ4v) is 4.24. The van der Waals surface area contributed by atoms with E-state index in [-0.39, 0.29) is 12.2 Å². The standard InChI is InChI=1S/C20H32N4O5/c1-6-19(23-17(27)24(4)5)15(21)16(20(29,11-25)18(19,3)28)22-14-9-7-8-13(10-14)12(2)26/h7-10,15-16,22,25,28-29H,6,11,21H2,1-5H3,(H,23,27)/t15-,16-,18+,19-,20+/m1/s1. The zero-order valence-electron chi connectivity index (χ0n) is 17.6. The molecule has 2 amide bonds. The number of nitrogens with two attached hydrogens (primary N) is 1. The van der Waals surface area contributed by atoms with Crippen LogP contribution in [0.15, 0.2) is 24.3 Å². The molecule has 1 aromatic rings. The van der Waals surface area contributed by atoms with Gasteiger partial charge in [0.2, 0.25) is 0 Å². The van der Waals surface area contributed by atoms with Gasteiger partial charge in [-0.3, -0.25) is 4.79 Å². The SMILES string of the molecule is CC[C@@]1(NC(=O)N(C)C)[C@H](N)[C@@H](Nc2cccc(C(C)=O)c2)[C@@](O)(CO)[C@@]1(C)O. The monoisotopic (exact) mass is 408 g/mol. The van der Waals surface area contributed by atoms with Crippen LogP contribution in [0.2, 0.25) is 0 Å². The Labute approximate surface area is 170 Å². The molecule has 0 heterocycles. The summed E-state index contributed by atoms with van der Waals surface area (Å²) in [5, 5.41) is 38.6. The van der Waals surface area contributed by atoms with Gasteiger partial charge < -0.3 is 36.6 Å². The first-order valence-electron chi connectivity index (χ1n) is 9.56. The predicted molar refractivity (Wildman–Crippen MR) is 110 cm³/mol. The molecule has 0 saturated heterocycles. The van der Waals surface area contributed by atoms with Crippen LogP contribution in [0.25, 0.3) is 0 Å². The van der Waals surface area contributed by atoms with Gasteiger partial charge in [0, 0.05) is 25.3 Å². The third-order valence-electron chi connectivity index (χ3n) is 6.28. The molecule has 29 heavy (non-hydrogen) atoms. The summed E-state index contributed by atoms with van der Waals surface area (Å²) in [7, 11) is 3.10. The number of benzene rings is 1. The number of rotatable bonds is 6. The molecule has 1 aliphatic rings. The molecule has 0 aliphatic heterocycles. The van der Waals surface area contributed by atoms with Gasteiger partial charge in [0.05, 0.1) is 24.2 Å². The fourth-order valence-electron chi connectivity index (χ4n) is 4.24. The van der Waals surface area contributed by atoms with Crippen LogP contribution in [0.3, 0.4) is 0 Å². The highest BCUT2D eigenvalue weighted by Gasteiger charge is 2.73. The van der Waals surface area contributed by atoms with Gasteiger partial charge in [-0.05, 0) is 32.4 Å². The molecular formula is C20H32N4O5. The van der Waals surface area contributed by atoms with Crippen LogP contribution in [0, 0.1) is 0 Å². The minimum absolute atomic E-state index is 0.130. The average Bonchev–Trinajstić information content (AvgIpc) is 2.79. The van der Waals surface area contributed by atoms with Crippen molar-refractivity contribution in [2.24, 2.45) is 5.73 Å². The number of anilines is 1. The van der Waals surface area contributed by atoms with Crippen LogP contribution in [0.1, 0.15) is 37.6 Å². The molecule has 0 spiro atoms. The van der Waals surface area contributed by atoms with Crippen molar-refractivity contribution in [2.75, 3.05) is 26.0 Å². The van der Waals surface area contributed by atoms with Gasteiger partial charge in [-0.1, -0.05) is 19.1 Å². The largest absolute Gasteiger partial charge is 0.393 e. The van der Waals surface area contributed by atoms with Crippen molar-refractivity contribution in [3.05, 3.63) is 29.8 Å². The Balaban J connectivity index is 2.53. The van der Waals surface area contributed by atoms with E-state index in [9.17, 15) is 24.9 Å². The van der Waals surface area contributed by atoms with E-state index in [1.165, 1.54) is 18.7 Å². The number of hydrogen-bond acceptors (Lipinski definition) is 7. The van der Waals surface area contributed by atoms with Gasteiger partial charge >= 0.3 is 6.03 Å². The van der Waals surface area contributed by atoms with E-state index < -0.39 is 41.5 Å². The van der Waals surface area contributed by atoms with E-state index in [1.54, 1.807) is 45.3 Å². The van der Waals surface area contributed by atoms with Crippen molar-refractivity contribution in [1.82, 2.24) is 10.2 Å². The highest BCUT2D eigenvalue weighted by molar-refractivity contribution is 5.94. The predicted octanol–water partition coefficient (Wildman–Crippen LogP) is -0.0950. The average molecular weight is 408 g/mol. The van der Waals surface area contributed by atoms with E-state index in [2.05, 4.69) is 10.6 Å². The second kappa shape index (κ2) is 7.91. The number of aliphatic hydroxyl groups is 3. The van der Waals surface area contributed by atoms with Gasteiger partial charge in [-0.2, -0.15) is 0 Å². The smallest absolute Gasteiger partial charge is 0.317 e. The van der Waals surface area contributed by atoms with Crippen LogP contribution in [-0.2, 0) is 0 Å². The lowest BCUT2D eigenvalue weighted by atomic mass is 9.74. The Kier molecular flexibility index (Phi) is 6.29. The molecule has 162 valence electrons. The number of ketones is 1. The van der Waals surface area contributed by atoms with E-state index >= 15 is 0 Å². The molecule has 1 aliphatic carbocycles. The molecule has 9 nitrogen and oxygen atoms in total. The summed E-state index contributed by atoms with van der Waals surface area (Å²) in [6.45, 7) is 3.74. The van der Waals surface area contributed by atoms with Crippen molar-refractivity contribution in [2.45, 2.75) is 56.0 Å². The van der Waals surface area contributed by atoms with Crippen LogP contribution in [0.5, 0.6) is 0 Å². The zero-order valence-corrected chi connectivity index (χ0v) is 17.6. The van der Waals surface area contributed by atoms with Crippen LogP contribution in [-0.4, -0.2) is 81.6 Å². The molecule has 1 saturated carbocycles. The lowest BCUT2D eigenvalue weighted by Crippen LogP contribution is -2.72. The normalized spacial score (nSPS) is 34.0. The maximum atomic E-state index is 12.4. The quantitative estimate of drug-likeness (QED) is 0.360. The molecule has 0 radical (unpaired) electrons. The van der Waals surface area contributed by atoms with Crippen molar-refractivity contribution in [1.29, 1.82) is 0 Å². The van der Waals surface area contributed by atoms with E-state index in [0.29, 0.717) is 11.3 Å². The Bertz CT molecular complexity index is 784. The van der Waals surface area contributed by atoms with E-state index in [4.69, 9.17) is 5.73 Å². The first kappa shape index (κ1) is 23.1. The number of Topliss-reactive ketones (excluding diaryl/α,β-unsaturated/α-hetero) is 1. The van der Waals surface area contributed by atoms with Crippen LogP contribution >= 0.6 is 0 Å². The van der Waals surface area contributed by atoms with Gasteiger partial charge in [-0.25, -0.2) is 4.79 Å².